The highest BCUT2D eigenvalue weighted by Gasteiger charge is 2.20. The lowest BCUT2D eigenvalue weighted by Gasteiger charge is -2.17. The number of nitrogens with one attached hydrogen (secondary N) is 2. The molecule has 0 saturated carbocycles. The minimum atomic E-state index is -0.954. The van der Waals surface area contributed by atoms with Crippen molar-refractivity contribution < 1.29 is 19.1 Å². The van der Waals surface area contributed by atoms with Crippen LogP contribution in [0.2, 0.25) is 5.02 Å². The molecular weight excluding hydrogens is 450 g/mol. The lowest BCUT2D eigenvalue weighted by molar-refractivity contribution is -0.126. The van der Waals surface area contributed by atoms with E-state index in [4.69, 9.17) is 22.1 Å². The molecule has 4 N–H and O–H groups in total. The number of halogens is 2. The molecule has 0 aliphatic rings. The second-order valence-electron chi connectivity index (χ2n) is 5.88. The molecule has 0 radical (unpaired) electrons. The number of benzene rings is 2. The zero-order chi connectivity index (χ0) is 20.5. The molecule has 0 spiro atoms. The van der Waals surface area contributed by atoms with Crippen molar-refractivity contribution in [1.29, 1.82) is 0 Å². The van der Waals surface area contributed by atoms with Gasteiger partial charge in [0.25, 0.3) is 0 Å². The van der Waals surface area contributed by atoms with E-state index in [1.165, 1.54) is 0 Å². The van der Waals surface area contributed by atoms with Crippen LogP contribution >= 0.6 is 27.5 Å². The number of carbonyl (C=O) groups is 3. The van der Waals surface area contributed by atoms with Crippen LogP contribution in [0, 0.1) is 0 Å². The lowest BCUT2D eigenvalue weighted by Crippen LogP contribution is -2.49. The molecule has 2 aromatic rings. The molecule has 3 amide bonds. The van der Waals surface area contributed by atoms with Crippen molar-refractivity contribution in [1.82, 2.24) is 10.6 Å². The van der Waals surface area contributed by atoms with E-state index in [0.717, 1.165) is 10.0 Å². The number of ether oxygens (including phenoxy) is 1. The van der Waals surface area contributed by atoms with Crippen LogP contribution in [0.5, 0.6) is 0 Å². The summed E-state index contributed by atoms with van der Waals surface area (Å²) < 4.78 is 5.75. The summed E-state index contributed by atoms with van der Waals surface area (Å²) in [5, 5.41) is 5.31. The molecular formula is C19H19BrClN3O4. The highest BCUT2D eigenvalue weighted by atomic mass is 79.9. The standard InChI is InChI=1S/C19H19BrClN3O4/c20-15-7-6-14(21)8-13(15)9-16(18(22)26)24-17(25)10-23-19(27)28-11-12-4-2-1-3-5-12/h1-8,16H,9-11H2,(H2,22,26)(H,23,27)(H,24,25)/t16-/m0/s1. The molecule has 28 heavy (non-hydrogen) atoms. The van der Waals surface area contributed by atoms with Crippen LogP contribution in [0.3, 0.4) is 0 Å². The van der Waals surface area contributed by atoms with Gasteiger partial charge in [0, 0.05) is 15.9 Å². The van der Waals surface area contributed by atoms with E-state index in [9.17, 15) is 14.4 Å². The third-order valence-electron chi connectivity index (χ3n) is 3.72. The number of hydrogen-bond donors (Lipinski definition) is 3. The molecule has 0 aromatic heterocycles. The van der Waals surface area contributed by atoms with E-state index in [-0.39, 0.29) is 19.6 Å². The van der Waals surface area contributed by atoms with E-state index in [1.54, 1.807) is 18.2 Å². The number of rotatable bonds is 8. The number of carbonyl (C=O) groups excluding carboxylic acids is 3. The Balaban J connectivity index is 1.82. The Morgan fingerprint density at radius 1 is 1.14 bits per heavy atom. The molecule has 0 unspecified atom stereocenters. The van der Waals surface area contributed by atoms with Gasteiger partial charge in [0.15, 0.2) is 0 Å². The second-order valence-corrected chi connectivity index (χ2v) is 7.17. The highest BCUT2D eigenvalue weighted by Crippen LogP contribution is 2.22. The summed E-state index contributed by atoms with van der Waals surface area (Å²) in [5.74, 6) is -1.27. The summed E-state index contributed by atoms with van der Waals surface area (Å²) in [6, 6.07) is 13.3. The normalized spacial score (nSPS) is 11.4. The van der Waals surface area contributed by atoms with Gasteiger partial charge in [-0.15, -0.1) is 0 Å². The van der Waals surface area contributed by atoms with Crippen molar-refractivity contribution in [3.05, 3.63) is 69.2 Å². The number of primary amides is 1. The molecule has 9 heteroatoms. The van der Waals surface area contributed by atoms with Gasteiger partial charge in [-0.1, -0.05) is 57.9 Å². The van der Waals surface area contributed by atoms with Crippen LogP contribution in [0.15, 0.2) is 53.0 Å². The summed E-state index contributed by atoms with van der Waals surface area (Å²) in [5.41, 5.74) is 6.91. The SMILES string of the molecule is NC(=O)[C@H](Cc1cc(Cl)ccc1Br)NC(=O)CNC(=O)OCc1ccccc1. The first-order chi connectivity index (χ1) is 13.3. The molecule has 0 heterocycles. The summed E-state index contributed by atoms with van der Waals surface area (Å²) in [6.45, 7) is -0.269. The number of amides is 3. The highest BCUT2D eigenvalue weighted by molar-refractivity contribution is 9.10. The smallest absolute Gasteiger partial charge is 0.407 e. The first-order valence-electron chi connectivity index (χ1n) is 8.32. The fraction of sp³-hybridized carbons (Fsp3) is 0.211. The first kappa shape index (κ1) is 21.7. The maximum absolute atomic E-state index is 12.1. The molecule has 148 valence electrons. The maximum Gasteiger partial charge on any atom is 0.407 e. The Labute approximate surface area is 175 Å². The van der Waals surface area contributed by atoms with E-state index in [2.05, 4.69) is 26.6 Å². The molecule has 2 aromatic carbocycles. The van der Waals surface area contributed by atoms with Crippen molar-refractivity contribution in [2.24, 2.45) is 5.73 Å². The Hall–Kier alpha value is -2.58. The first-order valence-corrected chi connectivity index (χ1v) is 9.49. The van der Waals surface area contributed by atoms with Crippen LogP contribution in [0.4, 0.5) is 4.79 Å². The van der Waals surface area contributed by atoms with Gasteiger partial charge >= 0.3 is 6.09 Å². The number of nitrogens with two attached hydrogens (primary N) is 1. The van der Waals surface area contributed by atoms with E-state index in [0.29, 0.717) is 10.6 Å². The van der Waals surface area contributed by atoms with Crippen molar-refractivity contribution in [2.45, 2.75) is 19.1 Å². The fourth-order valence-electron chi connectivity index (χ4n) is 2.31. The second kappa shape index (κ2) is 10.7. The third-order valence-corrected chi connectivity index (χ3v) is 4.73. The zero-order valence-electron chi connectivity index (χ0n) is 14.8. The Morgan fingerprint density at radius 2 is 1.86 bits per heavy atom. The van der Waals surface area contributed by atoms with Gasteiger partial charge in [-0.05, 0) is 29.3 Å². The number of hydrogen-bond acceptors (Lipinski definition) is 4. The van der Waals surface area contributed by atoms with Crippen molar-refractivity contribution in [3.8, 4) is 0 Å². The zero-order valence-corrected chi connectivity index (χ0v) is 17.1. The van der Waals surface area contributed by atoms with Gasteiger partial charge < -0.3 is 21.1 Å². The van der Waals surface area contributed by atoms with E-state index in [1.807, 2.05) is 30.3 Å². The predicted octanol–water partition coefficient (Wildman–Crippen LogP) is 2.54. The Kier molecular flexibility index (Phi) is 8.28. The average Bonchev–Trinajstić information content (AvgIpc) is 2.67. The van der Waals surface area contributed by atoms with Gasteiger partial charge in [0.05, 0.1) is 0 Å². The van der Waals surface area contributed by atoms with Crippen LogP contribution in [0.1, 0.15) is 11.1 Å². The molecule has 7 nitrogen and oxygen atoms in total. The van der Waals surface area contributed by atoms with Gasteiger partial charge in [-0.2, -0.15) is 0 Å². The quantitative estimate of drug-likeness (QED) is 0.553. The summed E-state index contributed by atoms with van der Waals surface area (Å²) in [6.07, 6.45) is -0.590. The monoisotopic (exact) mass is 467 g/mol. The summed E-state index contributed by atoms with van der Waals surface area (Å²) >= 11 is 9.32. The van der Waals surface area contributed by atoms with Gasteiger partial charge in [-0.3, -0.25) is 9.59 Å². The van der Waals surface area contributed by atoms with Crippen LogP contribution in [0.25, 0.3) is 0 Å². The van der Waals surface area contributed by atoms with Crippen LogP contribution in [-0.2, 0) is 27.4 Å². The predicted molar refractivity (Wildman–Crippen MR) is 109 cm³/mol. The van der Waals surface area contributed by atoms with Gasteiger partial charge in [-0.25, -0.2) is 4.79 Å². The Morgan fingerprint density at radius 3 is 2.54 bits per heavy atom. The molecule has 0 bridgehead atoms. The van der Waals surface area contributed by atoms with Crippen LogP contribution in [-0.4, -0.2) is 30.5 Å². The molecule has 0 fully saturated rings. The fourth-order valence-corrected chi connectivity index (χ4v) is 2.92. The largest absolute Gasteiger partial charge is 0.445 e. The van der Waals surface area contributed by atoms with Gasteiger partial charge in [0.2, 0.25) is 11.8 Å². The van der Waals surface area contributed by atoms with Gasteiger partial charge in [0.1, 0.15) is 19.2 Å². The molecule has 2 rings (SSSR count). The minimum absolute atomic E-state index is 0.0843. The molecule has 1 atom stereocenters. The molecule has 0 saturated heterocycles. The van der Waals surface area contributed by atoms with Crippen LogP contribution < -0.4 is 16.4 Å². The van der Waals surface area contributed by atoms with E-state index < -0.39 is 23.9 Å². The minimum Gasteiger partial charge on any atom is -0.445 e. The van der Waals surface area contributed by atoms with Crippen molar-refractivity contribution in [3.63, 3.8) is 0 Å². The van der Waals surface area contributed by atoms with E-state index >= 15 is 0 Å². The molecule has 0 aliphatic carbocycles. The Bertz CT molecular complexity index is 848. The van der Waals surface area contributed by atoms with Crippen molar-refractivity contribution >= 4 is 45.4 Å². The third kappa shape index (κ3) is 7.21. The topological polar surface area (TPSA) is 111 Å². The average molecular weight is 469 g/mol. The summed E-state index contributed by atoms with van der Waals surface area (Å²) in [4.78, 5) is 35.4. The van der Waals surface area contributed by atoms with Crippen molar-refractivity contribution in [2.75, 3.05) is 6.54 Å². The maximum atomic E-state index is 12.1. The lowest BCUT2D eigenvalue weighted by atomic mass is 10.1. The summed E-state index contributed by atoms with van der Waals surface area (Å²) in [7, 11) is 0. The molecule has 0 aliphatic heterocycles. The number of alkyl carbamates (subject to hydrolysis) is 1.